The van der Waals surface area contributed by atoms with Gasteiger partial charge in [-0.2, -0.15) is 0 Å². The van der Waals surface area contributed by atoms with Crippen molar-refractivity contribution >= 4 is 5.82 Å². The van der Waals surface area contributed by atoms with Gasteiger partial charge in [-0.3, -0.25) is 0 Å². The van der Waals surface area contributed by atoms with Crippen LogP contribution < -0.4 is 11.3 Å². The zero-order chi connectivity index (χ0) is 14.7. The summed E-state index contributed by atoms with van der Waals surface area (Å²) >= 11 is 0. The van der Waals surface area contributed by atoms with Crippen LogP contribution in [0.5, 0.6) is 0 Å². The average molecular weight is 276 g/mol. The van der Waals surface area contributed by atoms with Gasteiger partial charge < -0.3 is 5.43 Å². The van der Waals surface area contributed by atoms with Crippen molar-refractivity contribution in [3.05, 3.63) is 17.1 Å². The van der Waals surface area contributed by atoms with Gasteiger partial charge >= 0.3 is 0 Å². The van der Waals surface area contributed by atoms with E-state index in [0.717, 1.165) is 28.8 Å². The lowest BCUT2D eigenvalue weighted by Crippen LogP contribution is -2.19. The summed E-state index contributed by atoms with van der Waals surface area (Å²) in [6.45, 7) is 8.66. The molecule has 0 unspecified atom stereocenters. The van der Waals surface area contributed by atoms with Crippen LogP contribution in [0.2, 0.25) is 0 Å². The minimum absolute atomic E-state index is 0.380. The number of aromatic nitrogens is 2. The molecular weight excluding hydrogens is 248 g/mol. The van der Waals surface area contributed by atoms with Crippen LogP contribution in [0.25, 0.3) is 0 Å². The number of nitrogens with two attached hydrogens (primary N) is 1. The van der Waals surface area contributed by atoms with Gasteiger partial charge in [0, 0.05) is 17.2 Å². The summed E-state index contributed by atoms with van der Waals surface area (Å²) in [6.07, 6.45) is 6.34. The highest BCUT2D eigenvalue weighted by atomic mass is 15.3. The highest BCUT2D eigenvalue weighted by molar-refractivity contribution is 5.47. The number of nitrogens with one attached hydrogen (secondary N) is 1. The van der Waals surface area contributed by atoms with Crippen LogP contribution in [0.3, 0.4) is 0 Å². The normalized spacial score (nSPS) is 23.1. The van der Waals surface area contributed by atoms with Gasteiger partial charge in [-0.25, -0.2) is 15.8 Å². The Hall–Kier alpha value is -1.16. The number of hydrogen-bond acceptors (Lipinski definition) is 4. The van der Waals surface area contributed by atoms with E-state index in [1.54, 1.807) is 0 Å². The Kier molecular flexibility index (Phi) is 4.97. The molecule has 0 saturated heterocycles. The summed E-state index contributed by atoms with van der Waals surface area (Å²) in [6, 6.07) is 0. The first-order valence-corrected chi connectivity index (χ1v) is 7.91. The van der Waals surface area contributed by atoms with E-state index in [4.69, 9.17) is 15.8 Å². The van der Waals surface area contributed by atoms with Gasteiger partial charge in [0.15, 0.2) is 0 Å². The topological polar surface area (TPSA) is 63.8 Å². The van der Waals surface area contributed by atoms with Gasteiger partial charge in [0.25, 0.3) is 0 Å². The molecule has 0 spiro atoms. The molecule has 0 aliphatic heterocycles. The first kappa shape index (κ1) is 15.2. The van der Waals surface area contributed by atoms with Crippen molar-refractivity contribution in [1.82, 2.24) is 9.97 Å². The summed E-state index contributed by atoms with van der Waals surface area (Å²) in [5.41, 5.74) is 4.97. The number of anilines is 1. The van der Waals surface area contributed by atoms with E-state index >= 15 is 0 Å². The van der Waals surface area contributed by atoms with Crippen molar-refractivity contribution in [2.45, 2.75) is 71.6 Å². The maximum Gasteiger partial charge on any atom is 0.147 e. The Labute approximate surface area is 122 Å². The van der Waals surface area contributed by atoms with Crippen molar-refractivity contribution in [3.8, 4) is 0 Å². The summed E-state index contributed by atoms with van der Waals surface area (Å²) in [4.78, 5) is 9.47. The van der Waals surface area contributed by atoms with Crippen LogP contribution in [0.4, 0.5) is 5.82 Å². The standard InChI is InChI=1S/C16H28N4/c1-5-12-6-8-13(9-7-12)15-18-11(4)14(10(2)3)16(19-15)20-17/h10,12-13H,5-9,17H2,1-4H3,(H,18,19,20). The van der Waals surface area contributed by atoms with Gasteiger partial charge in [0.1, 0.15) is 11.6 Å². The van der Waals surface area contributed by atoms with E-state index in [-0.39, 0.29) is 0 Å². The molecule has 20 heavy (non-hydrogen) atoms. The lowest BCUT2D eigenvalue weighted by Gasteiger charge is -2.27. The van der Waals surface area contributed by atoms with Crippen molar-refractivity contribution in [1.29, 1.82) is 0 Å². The van der Waals surface area contributed by atoms with E-state index < -0.39 is 0 Å². The van der Waals surface area contributed by atoms with E-state index in [2.05, 4.69) is 33.1 Å². The molecule has 3 N–H and O–H groups in total. The monoisotopic (exact) mass is 276 g/mol. The number of hydrazine groups is 1. The molecule has 1 aliphatic carbocycles. The van der Waals surface area contributed by atoms with Crippen molar-refractivity contribution in [2.24, 2.45) is 11.8 Å². The second-order valence-electron chi connectivity index (χ2n) is 6.35. The molecule has 1 aromatic rings. The van der Waals surface area contributed by atoms with Gasteiger partial charge in [0.2, 0.25) is 0 Å². The average Bonchev–Trinajstić information content (AvgIpc) is 2.46. The molecule has 1 aliphatic rings. The minimum atomic E-state index is 0.380. The first-order chi connectivity index (χ1) is 9.56. The first-order valence-electron chi connectivity index (χ1n) is 7.91. The fraction of sp³-hybridized carbons (Fsp3) is 0.750. The largest absolute Gasteiger partial charge is 0.308 e. The summed E-state index contributed by atoms with van der Waals surface area (Å²) in [5.74, 6) is 9.23. The zero-order valence-electron chi connectivity index (χ0n) is 13.2. The van der Waals surface area contributed by atoms with E-state index in [1.165, 1.54) is 32.1 Å². The Balaban J connectivity index is 2.23. The number of rotatable bonds is 4. The summed E-state index contributed by atoms with van der Waals surface area (Å²) in [7, 11) is 0. The van der Waals surface area contributed by atoms with E-state index in [1.807, 2.05) is 0 Å². The highest BCUT2D eigenvalue weighted by Gasteiger charge is 2.25. The van der Waals surface area contributed by atoms with E-state index in [9.17, 15) is 0 Å². The van der Waals surface area contributed by atoms with Crippen LogP contribution in [-0.4, -0.2) is 9.97 Å². The lowest BCUT2D eigenvalue weighted by molar-refractivity contribution is 0.312. The van der Waals surface area contributed by atoms with Gasteiger partial charge in [-0.15, -0.1) is 0 Å². The smallest absolute Gasteiger partial charge is 0.147 e. The van der Waals surface area contributed by atoms with Crippen LogP contribution in [0.15, 0.2) is 0 Å². The maximum atomic E-state index is 5.66. The Morgan fingerprint density at radius 2 is 1.85 bits per heavy atom. The zero-order valence-corrected chi connectivity index (χ0v) is 13.2. The molecule has 1 fully saturated rings. The maximum absolute atomic E-state index is 5.66. The SMILES string of the molecule is CCC1CCC(c2nc(C)c(C(C)C)c(NN)n2)CC1. The van der Waals surface area contributed by atoms with Crippen LogP contribution >= 0.6 is 0 Å². The third kappa shape index (κ3) is 3.11. The third-order valence-electron chi connectivity index (χ3n) is 4.66. The fourth-order valence-corrected chi connectivity index (χ4v) is 3.42. The predicted octanol–water partition coefficient (Wildman–Crippen LogP) is 3.88. The molecule has 2 rings (SSSR count). The molecular formula is C16H28N4. The molecule has 0 radical (unpaired) electrons. The molecule has 0 amide bonds. The van der Waals surface area contributed by atoms with Crippen LogP contribution in [0, 0.1) is 12.8 Å². The Morgan fingerprint density at radius 3 is 2.35 bits per heavy atom. The van der Waals surface area contributed by atoms with Crippen molar-refractivity contribution < 1.29 is 0 Å². The Bertz CT molecular complexity index is 448. The second kappa shape index (κ2) is 6.53. The Morgan fingerprint density at radius 1 is 1.20 bits per heavy atom. The molecule has 1 heterocycles. The van der Waals surface area contributed by atoms with E-state index in [0.29, 0.717) is 11.8 Å². The minimum Gasteiger partial charge on any atom is -0.308 e. The molecule has 0 atom stereocenters. The molecule has 1 aromatic heterocycles. The molecule has 0 aromatic carbocycles. The molecule has 4 heteroatoms. The number of nitrogen functional groups attached to an aromatic ring is 1. The summed E-state index contributed by atoms with van der Waals surface area (Å²) in [5, 5.41) is 0. The van der Waals surface area contributed by atoms with Crippen molar-refractivity contribution in [3.63, 3.8) is 0 Å². The van der Waals surface area contributed by atoms with Crippen LogP contribution in [0.1, 0.15) is 81.8 Å². The third-order valence-corrected chi connectivity index (χ3v) is 4.66. The van der Waals surface area contributed by atoms with Crippen LogP contribution in [-0.2, 0) is 0 Å². The number of nitrogens with zero attached hydrogens (tertiary/aromatic N) is 2. The molecule has 4 nitrogen and oxygen atoms in total. The number of hydrogen-bond donors (Lipinski definition) is 2. The lowest BCUT2D eigenvalue weighted by atomic mass is 9.80. The quantitative estimate of drug-likeness (QED) is 0.647. The van der Waals surface area contributed by atoms with Gasteiger partial charge in [0.05, 0.1) is 0 Å². The molecule has 1 saturated carbocycles. The van der Waals surface area contributed by atoms with Gasteiger partial charge in [-0.05, 0) is 44.4 Å². The summed E-state index contributed by atoms with van der Waals surface area (Å²) < 4.78 is 0. The fourth-order valence-electron chi connectivity index (χ4n) is 3.42. The highest BCUT2D eigenvalue weighted by Crippen LogP contribution is 2.37. The second-order valence-corrected chi connectivity index (χ2v) is 6.35. The van der Waals surface area contributed by atoms with Crippen molar-refractivity contribution in [2.75, 3.05) is 5.43 Å². The predicted molar refractivity (Wildman–Crippen MR) is 83.7 cm³/mol. The molecule has 112 valence electrons. The van der Waals surface area contributed by atoms with Gasteiger partial charge in [-0.1, -0.05) is 27.2 Å². The molecule has 0 bridgehead atoms. The number of aryl methyl sites for hydroxylation is 1.